The Hall–Kier alpha value is -0.610. The van der Waals surface area contributed by atoms with Gasteiger partial charge in [0.2, 0.25) is 0 Å². The Labute approximate surface area is 97.4 Å². The molecule has 1 heterocycles. The van der Waals surface area contributed by atoms with Crippen molar-refractivity contribution in [3.05, 3.63) is 0 Å². The standard InChI is InChI=1S/C12H23NO3/c1-3-9(4-2)11(12(14)15)13-8-10-6-5-7-16-10/h9-11,13H,3-8H2,1-2H3,(H,14,15). The van der Waals surface area contributed by atoms with E-state index in [1.54, 1.807) is 0 Å². The van der Waals surface area contributed by atoms with Gasteiger partial charge in [-0.3, -0.25) is 4.79 Å². The second-order valence-corrected chi connectivity index (χ2v) is 4.44. The van der Waals surface area contributed by atoms with Crippen molar-refractivity contribution >= 4 is 5.97 Å². The van der Waals surface area contributed by atoms with E-state index in [9.17, 15) is 9.90 Å². The third-order valence-electron chi connectivity index (χ3n) is 3.38. The summed E-state index contributed by atoms with van der Waals surface area (Å²) >= 11 is 0. The normalized spacial score (nSPS) is 22.6. The Kier molecular flexibility index (Phi) is 5.77. The smallest absolute Gasteiger partial charge is 0.320 e. The monoisotopic (exact) mass is 229 g/mol. The molecule has 2 unspecified atom stereocenters. The van der Waals surface area contributed by atoms with Gasteiger partial charge in [0.15, 0.2) is 0 Å². The molecular formula is C12H23NO3. The summed E-state index contributed by atoms with van der Waals surface area (Å²) in [5, 5.41) is 12.3. The van der Waals surface area contributed by atoms with E-state index < -0.39 is 12.0 Å². The maximum atomic E-state index is 11.2. The molecule has 1 aliphatic rings. The van der Waals surface area contributed by atoms with E-state index in [4.69, 9.17) is 4.74 Å². The van der Waals surface area contributed by atoms with E-state index in [-0.39, 0.29) is 12.0 Å². The summed E-state index contributed by atoms with van der Waals surface area (Å²) in [6, 6.07) is -0.431. The number of hydrogen-bond donors (Lipinski definition) is 2. The van der Waals surface area contributed by atoms with Gasteiger partial charge in [-0.05, 0) is 18.8 Å². The van der Waals surface area contributed by atoms with Crippen LogP contribution in [0.2, 0.25) is 0 Å². The van der Waals surface area contributed by atoms with Gasteiger partial charge >= 0.3 is 5.97 Å². The molecular weight excluding hydrogens is 206 g/mol. The number of carboxylic acid groups (broad SMARTS) is 1. The van der Waals surface area contributed by atoms with Crippen LogP contribution in [0.1, 0.15) is 39.5 Å². The van der Waals surface area contributed by atoms with Crippen LogP contribution in [0.3, 0.4) is 0 Å². The molecule has 0 bridgehead atoms. The molecule has 0 aromatic carbocycles. The molecule has 0 aromatic heterocycles. The van der Waals surface area contributed by atoms with Crippen LogP contribution < -0.4 is 5.32 Å². The third kappa shape index (κ3) is 3.76. The summed E-state index contributed by atoms with van der Waals surface area (Å²) in [5.74, 6) is -0.536. The molecule has 0 radical (unpaired) electrons. The highest BCUT2D eigenvalue weighted by molar-refractivity contribution is 5.73. The molecule has 0 aromatic rings. The number of carboxylic acids is 1. The zero-order valence-corrected chi connectivity index (χ0v) is 10.2. The fourth-order valence-corrected chi connectivity index (χ4v) is 2.28. The predicted molar refractivity (Wildman–Crippen MR) is 62.5 cm³/mol. The van der Waals surface area contributed by atoms with Crippen molar-refractivity contribution in [2.45, 2.75) is 51.7 Å². The predicted octanol–water partition coefficient (Wildman–Crippen LogP) is 1.64. The van der Waals surface area contributed by atoms with Gasteiger partial charge < -0.3 is 15.2 Å². The SMILES string of the molecule is CCC(CC)C(NCC1CCCO1)C(=O)O. The first-order valence-electron chi connectivity index (χ1n) is 6.26. The summed E-state index contributed by atoms with van der Waals surface area (Å²) in [5.41, 5.74) is 0. The Balaban J connectivity index is 2.40. The van der Waals surface area contributed by atoms with Crippen LogP contribution in [-0.4, -0.2) is 36.4 Å². The molecule has 1 saturated heterocycles. The van der Waals surface area contributed by atoms with E-state index in [1.807, 2.05) is 13.8 Å². The largest absolute Gasteiger partial charge is 0.480 e. The minimum Gasteiger partial charge on any atom is -0.480 e. The summed E-state index contributed by atoms with van der Waals surface area (Å²) in [7, 11) is 0. The number of hydrogen-bond acceptors (Lipinski definition) is 3. The molecule has 94 valence electrons. The Morgan fingerprint density at radius 1 is 1.50 bits per heavy atom. The van der Waals surface area contributed by atoms with E-state index in [1.165, 1.54) is 0 Å². The Morgan fingerprint density at radius 3 is 2.62 bits per heavy atom. The van der Waals surface area contributed by atoms with Crippen LogP contribution in [-0.2, 0) is 9.53 Å². The van der Waals surface area contributed by atoms with Gasteiger partial charge in [-0.25, -0.2) is 0 Å². The average molecular weight is 229 g/mol. The van der Waals surface area contributed by atoms with Crippen LogP contribution in [0, 0.1) is 5.92 Å². The lowest BCUT2D eigenvalue weighted by atomic mass is 9.94. The first-order valence-corrected chi connectivity index (χ1v) is 6.26. The molecule has 0 saturated carbocycles. The Morgan fingerprint density at radius 2 is 2.19 bits per heavy atom. The number of carbonyl (C=O) groups is 1. The number of aliphatic carboxylic acids is 1. The van der Waals surface area contributed by atoms with Crippen molar-refractivity contribution in [1.82, 2.24) is 5.32 Å². The second kappa shape index (κ2) is 6.86. The van der Waals surface area contributed by atoms with Crippen molar-refractivity contribution in [3.63, 3.8) is 0 Å². The second-order valence-electron chi connectivity index (χ2n) is 4.44. The van der Waals surface area contributed by atoms with E-state index in [2.05, 4.69) is 5.32 Å². The van der Waals surface area contributed by atoms with Gasteiger partial charge in [-0.1, -0.05) is 26.7 Å². The van der Waals surface area contributed by atoms with Crippen molar-refractivity contribution < 1.29 is 14.6 Å². The maximum Gasteiger partial charge on any atom is 0.320 e. The molecule has 0 aliphatic carbocycles. The van der Waals surface area contributed by atoms with Crippen LogP contribution in [0.4, 0.5) is 0 Å². The van der Waals surface area contributed by atoms with Crippen LogP contribution >= 0.6 is 0 Å². The van der Waals surface area contributed by atoms with Gasteiger partial charge in [0.1, 0.15) is 6.04 Å². The van der Waals surface area contributed by atoms with E-state index in [0.29, 0.717) is 6.54 Å². The lowest BCUT2D eigenvalue weighted by Gasteiger charge is -2.24. The number of ether oxygens (including phenoxy) is 1. The molecule has 4 heteroatoms. The van der Waals surface area contributed by atoms with Gasteiger partial charge in [-0.15, -0.1) is 0 Å². The lowest BCUT2D eigenvalue weighted by molar-refractivity contribution is -0.141. The summed E-state index contributed by atoms with van der Waals surface area (Å²) in [6.45, 7) is 5.55. The minimum atomic E-state index is -0.744. The third-order valence-corrected chi connectivity index (χ3v) is 3.38. The zero-order valence-electron chi connectivity index (χ0n) is 10.2. The lowest BCUT2D eigenvalue weighted by Crippen LogP contribution is -2.45. The number of nitrogens with one attached hydrogen (secondary N) is 1. The maximum absolute atomic E-state index is 11.2. The fourth-order valence-electron chi connectivity index (χ4n) is 2.28. The summed E-state index contributed by atoms with van der Waals surface area (Å²) in [6.07, 6.45) is 4.13. The van der Waals surface area contributed by atoms with Crippen LogP contribution in [0.25, 0.3) is 0 Å². The van der Waals surface area contributed by atoms with Gasteiger partial charge in [0.05, 0.1) is 6.10 Å². The number of rotatable bonds is 7. The van der Waals surface area contributed by atoms with Crippen molar-refractivity contribution in [2.24, 2.45) is 5.92 Å². The van der Waals surface area contributed by atoms with E-state index >= 15 is 0 Å². The van der Waals surface area contributed by atoms with E-state index in [0.717, 1.165) is 32.3 Å². The molecule has 2 N–H and O–H groups in total. The first kappa shape index (κ1) is 13.5. The van der Waals surface area contributed by atoms with Crippen molar-refractivity contribution in [2.75, 3.05) is 13.2 Å². The molecule has 0 amide bonds. The molecule has 1 fully saturated rings. The molecule has 2 atom stereocenters. The van der Waals surface area contributed by atoms with Gasteiger partial charge in [0, 0.05) is 13.2 Å². The molecule has 1 aliphatic heterocycles. The molecule has 1 rings (SSSR count). The fraction of sp³-hybridized carbons (Fsp3) is 0.917. The highest BCUT2D eigenvalue weighted by Gasteiger charge is 2.26. The highest BCUT2D eigenvalue weighted by atomic mass is 16.5. The van der Waals surface area contributed by atoms with Crippen LogP contribution in [0.15, 0.2) is 0 Å². The molecule has 16 heavy (non-hydrogen) atoms. The van der Waals surface area contributed by atoms with Gasteiger partial charge in [-0.2, -0.15) is 0 Å². The molecule has 0 spiro atoms. The quantitative estimate of drug-likeness (QED) is 0.697. The minimum absolute atomic E-state index is 0.205. The summed E-state index contributed by atoms with van der Waals surface area (Å²) in [4.78, 5) is 11.2. The average Bonchev–Trinajstić information content (AvgIpc) is 2.76. The summed E-state index contributed by atoms with van der Waals surface area (Å²) < 4.78 is 5.47. The first-order chi connectivity index (χ1) is 7.69. The van der Waals surface area contributed by atoms with Crippen LogP contribution in [0.5, 0.6) is 0 Å². The van der Waals surface area contributed by atoms with Crippen molar-refractivity contribution in [3.8, 4) is 0 Å². The van der Waals surface area contributed by atoms with Crippen molar-refractivity contribution in [1.29, 1.82) is 0 Å². The highest BCUT2D eigenvalue weighted by Crippen LogP contribution is 2.15. The zero-order chi connectivity index (χ0) is 12.0. The molecule has 4 nitrogen and oxygen atoms in total. The van der Waals surface area contributed by atoms with Gasteiger partial charge in [0.25, 0.3) is 0 Å². The Bertz CT molecular complexity index is 210. The topological polar surface area (TPSA) is 58.6 Å².